The summed E-state index contributed by atoms with van der Waals surface area (Å²) in [6.07, 6.45) is 0. The fourth-order valence-corrected chi connectivity index (χ4v) is 2.80. The smallest absolute Gasteiger partial charge is 0.464 e. The number of ether oxygens (including phenoxy) is 1. The maximum absolute atomic E-state index is 12.5. The first-order valence-corrected chi connectivity index (χ1v) is 8.59. The van der Waals surface area contributed by atoms with Crippen LogP contribution in [-0.2, 0) is 19.6 Å². The summed E-state index contributed by atoms with van der Waals surface area (Å²) in [5, 5.41) is 0. The summed E-state index contributed by atoms with van der Waals surface area (Å²) >= 11 is 0. The Morgan fingerprint density at radius 2 is 1.35 bits per heavy atom. The summed E-state index contributed by atoms with van der Waals surface area (Å²) in [5.74, 6) is -0.580. The average Bonchev–Trinajstić information content (AvgIpc) is 2.28. The van der Waals surface area contributed by atoms with E-state index in [-0.39, 0.29) is 0 Å². The number of esters is 1. The van der Waals surface area contributed by atoms with Gasteiger partial charge in [0, 0.05) is 6.54 Å². The van der Waals surface area contributed by atoms with Crippen LogP contribution < -0.4 is 4.72 Å². The number of hydrogen-bond donors (Lipinski definition) is 1. The summed E-state index contributed by atoms with van der Waals surface area (Å²) in [7, 11) is -5.43. The molecule has 1 N–H and O–H groups in total. The quantitative estimate of drug-likeness (QED) is 0.603. The van der Waals surface area contributed by atoms with Crippen molar-refractivity contribution in [1.82, 2.24) is 4.72 Å². The molecule has 0 saturated carbocycles. The van der Waals surface area contributed by atoms with Crippen LogP contribution in [0.2, 0.25) is 0 Å². The van der Waals surface area contributed by atoms with Gasteiger partial charge >= 0.3 is 21.5 Å². The van der Waals surface area contributed by atoms with Gasteiger partial charge in [0.15, 0.2) is 0 Å². The largest absolute Gasteiger partial charge is 0.511 e. The topological polar surface area (TPSA) is 72.5 Å². The molecule has 0 aromatic carbocycles. The Morgan fingerprint density at radius 3 is 1.65 bits per heavy atom. The predicted molar refractivity (Wildman–Crippen MR) is 81.0 cm³/mol. The molecule has 23 heavy (non-hydrogen) atoms. The minimum Gasteiger partial charge on any atom is -0.464 e. The van der Waals surface area contributed by atoms with Crippen molar-refractivity contribution in [3.05, 3.63) is 0 Å². The van der Waals surface area contributed by atoms with Crippen molar-refractivity contribution >= 4 is 16.0 Å². The number of carbonyl (C=O) groups is 1. The van der Waals surface area contributed by atoms with E-state index in [1.165, 1.54) is 4.72 Å². The maximum atomic E-state index is 12.5. The molecule has 0 bridgehead atoms. The summed E-state index contributed by atoms with van der Waals surface area (Å²) in [4.78, 5) is 12.5. The first kappa shape index (κ1) is 22.2. The van der Waals surface area contributed by atoms with E-state index in [2.05, 4.69) is 0 Å². The second kappa shape index (κ2) is 6.58. The molecule has 138 valence electrons. The predicted octanol–water partition coefficient (Wildman–Crippen LogP) is 3.07. The van der Waals surface area contributed by atoms with E-state index in [0.29, 0.717) is 0 Å². The molecule has 5 nitrogen and oxygen atoms in total. The Bertz CT molecular complexity index is 514. The highest BCUT2D eigenvalue weighted by Gasteiger charge is 2.53. The molecule has 0 aromatic rings. The van der Waals surface area contributed by atoms with Crippen molar-refractivity contribution < 1.29 is 31.1 Å². The molecule has 0 unspecified atom stereocenters. The summed E-state index contributed by atoms with van der Waals surface area (Å²) in [6, 6.07) is 0. The lowest BCUT2D eigenvalue weighted by molar-refractivity contribution is -0.172. The van der Waals surface area contributed by atoms with E-state index in [9.17, 15) is 26.4 Å². The molecule has 0 atom stereocenters. The number of carbonyl (C=O) groups excluding carboxylic acids is 1. The Balaban J connectivity index is 4.91. The number of nitrogens with one attached hydrogen (secondary N) is 1. The van der Waals surface area contributed by atoms with Crippen molar-refractivity contribution in [3.8, 4) is 0 Å². The highest BCUT2D eigenvalue weighted by molar-refractivity contribution is 7.90. The molecule has 0 spiro atoms. The molecule has 0 aliphatic carbocycles. The maximum Gasteiger partial charge on any atom is 0.511 e. The van der Waals surface area contributed by atoms with Gasteiger partial charge in [-0.1, -0.05) is 41.5 Å². The van der Waals surface area contributed by atoms with Crippen molar-refractivity contribution in [2.45, 2.75) is 54.0 Å². The standard InChI is InChI=1S/C14H26F3NO4S/c1-11(2,3)13(7,12(4,5)6)10(19)22-9-8-18-23(20,21)14(15,16)17/h18H,8-9H2,1-7H3. The second-order valence-electron chi connectivity index (χ2n) is 7.60. The lowest BCUT2D eigenvalue weighted by atomic mass is 9.55. The number of hydrogen-bond acceptors (Lipinski definition) is 4. The molecule has 0 amide bonds. The average molecular weight is 361 g/mol. The van der Waals surface area contributed by atoms with Crippen LogP contribution in [0.5, 0.6) is 0 Å². The minimum absolute atomic E-state index is 0.464. The van der Waals surface area contributed by atoms with Gasteiger partial charge in [0.05, 0.1) is 5.41 Å². The van der Waals surface area contributed by atoms with Gasteiger partial charge in [-0.05, 0) is 17.8 Å². The molecule has 0 aliphatic heterocycles. The molecule has 0 rings (SSSR count). The zero-order valence-corrected chi connectivity index (χ0v) is 15.4. The van der Waals surface area contributed by atoms with Gasteiger partial charge < -0.3 is 4.74 Å². The third kappa shape index (κ3) is 4.82. The molecule has 9 heteroatoms. The highest BCUT2D eigenvalue weighted by Crippen LogP contribution is 2.52. The van der Waals surface area contributed by atoms with Gasteiger partial charge in [-0.15, -0.1) is 0 Å². The number of sulfonamides is 1. The second-order valence-corrected chi connectivity index (χ2v) is 9.36. The van der Waals surface area contributed by atoms with Crippen LogP contribution in [-0.4, -0.2) is 33.0 Å². The van der Waals surface area contributed by atoms with E-state index in [4.69, 9.17) is 4.74 Å². The van der Waals surface area contributed by atoms with Crippen LogP contribution >= 0.6 is 0 Å². The minimum atomic E-state index is -5.43. The van der Waals surface area contributed by atoms with Gasteiger partial charge in [-0.25, -0.2) is 13.1 Å². The zero-order chi connectivity index (χ0) is 18.9. The van der Waals surface area contributed by atoms with Gasteiger partial charge in [0.25, 0.3) is 0 Å². The van der Waals surface area contributed by atoms with Gasteiger partial charge in [0.1, 0.15) is 6.61 Å². The summed E-state index contributed by atoms with van der Waals surface area (Å²) in [6.45, 7) is 11.8. The van der Waals surface area contributed by atoms with E-state index in [1.54, 1.807) is 6.92 Å². The molecule has 0 heterocycles. The van der Waals surface area contributed by atoms with E-state index in [1.807, 2.05) is 41.5 Å². The monoisotopic (exact) mass is 361 g/mol. The van der Waals surface area contributed by atoms with Crippen molar-refractivity contribution in [1.29, 1.82) is 0 Å². The Labute approximate surface area is 136 Å². The van der Waals surface area contributed by atoms with E-state index in [0.717, 1.165) is 0 Å². The van der Waals surface area contributed by atoms with Gasteiger partial charge in [-0.3, -0.25) is 4.79 Å². The Kier molecular flexibility index (Phi) is 6.35. The summed E-state index contributed by atoms with van der Waals surface area (Å²) in [5.41, 5.74) is -7.23. The number of alkyl halides is 3. The molecular weight excluding hydrogens is 335 g/mol. The number of rotatable bonds is 5. The molecule has 0 radical (unpaired) electrons. The molecule has 0 aliphatic rings. The zero-order valence-electron chi connectivity index (χ0n) is 14.6. The number of halogens is 3. The SMILES string of the molecule is CC(C)(C)C(C)(C(=O)OCCNS(=O)(=O)C(F)(F)F)C(C)(C)C. The van der Waals surface area contributed by atoms with E-state index >= 15 is 0 Å². The first-order chi connectivity index (χ1) is 9.88. The van der Waals surface area contributed by atoms with Gasteiger partial charge in [0.2, 0.25) is 0 Å². The van der Waals surface area contributed by atoms with Crippen LogP contribution in [0.15, 0.2) is 0 Å². The Hall–Kier alpha value is -0.830. The van der Waals surface area contributed by atoms with Gasteiger partial charge in [-0.2, -0.15) is 13.2 Å². The van der Waals surface area contributed by atoms with Crippen LogP contribution in [0.25, 0.3) is 0 Å². The van der Waals surface area contributed by atoms with Crippen LogP contribution in [0, 0.1) is 16.2 Å². The third-order valence-corrected chi connectivity index (χ3v) is 5.53. The van der Waals surface area contributed by atoms with Crippen LogP contribution in [0.3, 0.4) is 0 Å². The van der Waals surface area contributed by atoms with E-state index < -0.39 is 50.9 Å². The van der Waals surface area contributed by atoms with Crippen molar-refractivity contribution in [2.75, 3.05) is 13.2 Å². The third-order valence-electron chi connectivity index (χ3n) is 4.34. The molecular formula is C14H26F3NO4S. The fraction of sp³-hybridized carbons (Fsp3) is 0.929. The lowest BCUT2D eigenvalue weighted by Crippen LogP contribution is -2.51. The molecule has 0 saturated heterocycles. The Morgan fingerprint density at radius 1 is 0.957 bits per heavy atom. The van der Waals surface area contributed by atoms with Crippen LogP contribution in [0.1, 0.15) is 48.5 Å². The fourth-order valence-electron chi connectivity index (χ4n) is 2.28. The molecule has 0 fully saturated rings. The highest BCUT2D eigenvalue weighted by atomic mass is 32.2. The summed E-state index contributed by atoms with van der Waals surface area (Å²) < 4.78 is 64.5. The molecule has 0 aromatic heterocycles. The first-order valence-electron chi connectivity index (χ1n) is 7.11. The van der Waals surface area contributed by atoms with Crippen LogP contribution in [0.4, 0.5) is 13.2 Å². The van der Waals surface area contributed by atoms with Crippen molar-refractivity contribution in [3.63, 3.8) is 0 Å². The van der Waals surface area contributed by atoms with Crippen molar-refractivity contribution in [2.24, 2.45) is 16.2 Å². The lowest BCUT2D eigenvalue weighted by Gasteiger charge is -2.48. The normalized spacial score (nSPS) is 14.7.